The zero-order valence-electron chi connectivity index (χ0n) is 17.3. The Labute approximate surface area is 174 Å². The van der Waals surface area contributed by atoms with Crippen LogP contribution in [0.5, 0.6) is 5.75 Å². The van der Waals surface area contributed by atoms with E-state index in [1.165, 1.54) is 28.1 Å². The number of fused-ring (bicyclic) bond motifs is 1. The van der Waals surface area contributed by atoms with Crippen LogP contribution < -0.4 is 10.3 Å². The molecular formula is C19H24N6O4S. The fourth-order valence-electron chi connectivity index (χ4n) is 3.66. The van der Waals surface area contributed by atoms with Crippen LogP contribution in [0, 0.1) is 13.8 Å². The van der Waals surface area contributed by atoms with Gasteiger partial charge in [0.25, 0.3) is 5.56 Å². The van der Waals surface area contributed by atoms with Crippen molar-refractivity contribution < 1.29 is 13.2 Å². The number of sulfonamides is 1. The van der Waals surface area contributed by atoms with Crippen molar-refractivity contribution in [1.82, 2.24) is 28.8 Å². The second kappa shape index (κ2) is 7.49. The first kappa shape index (κ1) is 20.5. The van der Waals surface area contributed by atoms with Crippen LogP contribution >= 0.6 is 0 Å². The molecule has 0 unspecified atom stereocenters. The monoisotopic (exact) mass is 432 g/mol. The minimum Gasteiger partial charge on any atom is -0.496 e. The third-order valence-corrected chi connectivity index (χ3v) is 7.26. The number of benzene rings is 1. The number of hydrogen-bond acceptors (Lipinski definition) is 7. The number of H-pyrrole nitrogens is 1. The van der Waals surface area contributed by atoms with Crippen molar-refractivity contribution in [2.24, 2.45) is 0 Å². The average molecular weight is 433 g/mol. The highest BCUT2D eigenvalue weighted by Crippen LogP contribution is 2.31. The molecule has 10 nitrogen and oxygen atoms in total. The van der Waals surface area contributed by atoms with Gasteiger partial charge in [0, 0.05) is 26.2 Å². The summed E-state index contributed by atoms with van der Waals surface area (Å²) >= 11 is 0. The molecule has 1 aliphatic heterocycles. The molecule has 4 rings (SSSR count). The van der Waals surface area contributed by atoms with E-state index >= 15 is 0 Å². The van der Waals surface area contributed by atoms with Gasteiger partial charge in [-0.2, -0.15) is 4.31 Å². The Morgan fingerprint density at radius 3 is 2.50 bits per heavy atom. The summed E-state index contributed by atoms with van der Waals surface area (Å²) in [5, 5.41) is 4.48. The van der Waals surface area contributed by atoms with Gasteiger partial charge in [0.05, 0.1) is 23.3 Å². The standard InChI is InChI=1S/C19H24N6O4S/c1-12-17-19(26)21-18(22-25(17)13(2)20-12)15-11-14(5-6-16(15)29-4)30(27,28)24-9-7-23(3)8-10-24/h5-6,11H,7-10H2,1-4H3,(H,21,22,26). The summed E-state index contributed by atoms with van der Waals surface area (Å²) in [5.41, 5.74) is 0.965. The normalized spacial score (nSPS) is 16.3. The van der Waals surface area contributed by atoms with Gasteiger partial charge in [-0.25, -0.2) is 17.9 Å². The summed E-state index contributed by atoms with van der Waals surface area (Å²) in [6.45, 7) is 5.69. The van der Waals surface area contributed by atoms with E-state index in [-0.39, 0.29) is 16.3 Å². The fourth-order valence-corrected chi connectivity index (χ4v) is 5.11. The summed E-state index contributed by atoms with van der Waals surface area (Å²) in [7, 11) is -0.237. The second-order valence-electron chi connectivity index (χ2n) is 7.38. The molecule has 0 amide bonds. The minimum atomic E-state index is -3.69. The number of aromatic nitrogens is 4. The molecule has 1 saturated heterocycles. The van der Waals surface area contributed by atoms with Crippen molar-refractivity contribution in [3.8, 4) is 17.1 Å². The Hall–Kier alpha value is -2.76. The van der Waals surface area contributed by atoms with E-state index in [9.17, 15) is 13.2 Å². The molecule has 2 aromatic heterocycles. The van der Waals surface area contributed by atoms with Gasteiger partial charge < -0.3 is 14.6 Å². The van der Waals surface area contributed by atoms with Gasteiger partial charge in [0.2, 0.25) is 10.0 Å². The van der Waals surface area contributed by atoms with E-state index in [0.29, 0.717) is 54.5 Å². The molecule has 30 heavy (non-hydrogen) atoms. The number of imidazole rings is 1. The summed E-state index contributed by atoms with van der Waals surface area (Å²) in [6.07, 6.45) is 0. The Bertz CT molecular complexity index is 1270. The number of rotatable bonds is 4. The van der Waals surface area contributed by atoms with Crippen molar-refractivity contribution in [1.29, 1.82) is 0 Å². The molecule has 1 aliphatic rings. The van der Waals surface area contributed by atoms with E-state index in [2.05, 4.69) is 20.0 Å². The quantitative estimate of drug-likeness (QED) is 0.644. The number of hydrogen-bond donors (Lipinski definition) is 1. The Balaban J connectivity index is 1.84. The maximum atomic E-state index is 13.2. The van der Waals surface area contributed by atoms with Crippen LogP contribution in [0.1, 0.15) is 11.5 Å². The van der Waals surface area contributed by atoms with Gasteiger partial charge >= 0.3 is 0 Å². The van der Waals surface area contributed by atoms with Gasteiger partial charge in [-0.1, -0.05) is 0 Å². The van der Waals surface area contributed by atoms with E-state index in [4.69, 9.17) is 4.74 Å². The van der Waals surface area contributed by atoms with Crippen LogP contribution in [-0.4, -0.2) is 77.5 Å². The molecule has 160 valence electrons. The van der Waals surface area contributed by atoms with Gasteiger partial charge in [0.15, 0.2) is 11.3 Å². The van der Waals surface area contributed by atoms with Crippen LogP contribution in [0.25, 0.3) is 16.9 Å². The number of methoxy groups -OCH3 is 1. The van der Waals surface area contributed by atoms with Crippen LogP contribution in [0.3, 0.4) is 0 Å². The summed E-state index contributed by atoms with van der Waals surface area (Å²) in [4.78, 5) is 21.9. The largest absolute Gasteiger partial charge is 0.496 e. The minimum absolute atomic E-state index is 0.129. The predicted molar refractivity (Wildman–Crippen MR) is 111 cm³/mol. The highest BCUT2D eigenvalue weighted by molar-refractivity contribution is 7.89. The first-order valence-electron chi connectivity index (χ1n) is 9.55. The van der Waals surface area contributed by atoms with Crippen molar-refractivity contribution >= 4 is 15.5 Å². The molecule has 11 heteroatoms. The molecule has 0 atom stereocenters. The lowest BCUT2D eigenvalue weighted by atomic mass is 10.2. The highest BCUT2D eigenvalue weighted by Gasteiger charge is 2.28. The second-order valence-corrected chi connectivity index (χ2v) is 9.31. The zero-order valence-corrected chi connectivity index (χ0v) is 18.2. The SMILES string of the molecule is COc1ccc(S(=O)(=O)N2CCN(C)CC2)cc1-c1nn2c(C)nc(C)c2c(=O)[nH]1. The molecule has 3 aromatic rings. The lowest BCUT2D eigenvalue weighted by Gasteiger charge is -2.31. The number of nitrogens with one attached hydrogen (secondary N) is 1. The third-order valence-electron chi connectivity index (χ3n) is 5.36. The lowest BCUT2D eigenvalue weighted by molar-refractivity contribution is 0.222. The van der Waals surface area contributed by atoms with Crippen LogP contribution in [-0.2, 0) is 10.0 Å². The van der Waals surface area contributed by atoms with Crippen molar-refractivity contribution in [3.63, 3.8) is 0 Å². The molecular weight excluding hydrogens is 408 g/mol. The van der Waals surface area contributed by atoms with E-state index in [0.717, 1.165) is 0 Å². The topological polar surface area (TPSA) is 113 Å². The number of piperazine rings is 1. The molecule has 1 fully saturated rings. The van der Waals surface area contributed by atoms with E-state index in [1.54, 1.807) is 19.9 Å². The number of ether oxygens (including phenoxy) is 1. The average Bonchev–Trinajstić information content (AvgIpc) is 3.01. The summed E-state index contributed by atoms with van der Waals surface area (Å²) < 4.78 is 34.7. The summed E-state index contributed by atoms with van der Waals surface area (Å²) in [6, 6.07) is 4.59. The Morgan fingerprint density at radius 1 is 1.13 bits per heavy atom. The molecule has 0 aliphatic carbocycles. The van der Waals surface area contributed by atoms with Crippen LogP contribution in [0.2, 0.25) is 0 Å². The number of nitrogens with zero attached hydrogens (tertiary/aromatic N) is 5. The highest BCUT2D eigenvalue weighted by atomic mass is 32.2. The first-order chi connectivity index (χ1) is 14.2. The maximum Gasteiger partial charge on any atom is 0.277 e. The Kier molecular flexibility index (Phi) is 5.12. The predicted octanol–water partition coefficient (Wildman–Crippen LogP) is 0.646. The number of aromatic amines is 1. The molecule has 3 heterocycles. The number of aryl methyl sites for hydroxylation is 2. The van der Waals surface area contributed by atoms with Crippen molar-refractivity contribution in [2.75, 3.05) is 40.3 Å². The Morgan fingerprint density at radius 2 is 1.83 bits per heavy atom. The molecule has 0 radical (unpaired) electrons. The van der Waals surface area contributed by atoms with Gasteiger partial charge in [-0.15, -0.1) is 5.10 Å². The van der Waals surface area contributed by atoms with Crippen molar-refractivity contribution in [3.05, 3.63) is 40.1 Å². The fraction of sp³-hybridized carbons (Fsp3) is 0.421. The molecule has 0 saturated carbocycles. The van der Waals surface area contributed by atoms with Crippen LogP contribution in [0.15, 0.2) is 27.9 Å². The maximum absolute atomic E-state index is 13.2. The van der Waals surface area contributed by atoms with Crippen molar-refractivity contribution in [2.45, 2.75) is 18.7 Å². The van der Waals surface area contributed by atoms with Gasteiger partial charge in [0.1, 0.15) is 11.6 Å². The first-order valence-corrected chi connectivity index (χ1v) is 11.0. The zero-order chi connectivity index (χ0) is 21.6. The number of likely N-dealkylation sites (N-methyl/N-ethyl adjacent to an activating group) is 1. The molecule has 1 N–H and O–H groups in total. The van der Waals surface area contributed by atoms with Gasteiger partial charge in [-0.05, 0) is 39.1 Å². The smallest absolute Gasteiger partial charge is 0.277 e. The summed E-state index contributed by atoms with van der Waals surface area (Å²) in [5.74, 6) is 1.18. The van der Waals surface area contributed by atoms with Gasteiger partial charge in [-0.3, -0.25) is 4.79 Å². The molecule has 1 aromatic carbocycles. The van der Waals surface area contributed by atoms with E-state index in [1.807, 2.05) is 7.05 Å². The third kappa shape index (κ3) is 3.38. The van der Waals surface area contributed by atoms with Crippen LogP contribution in [0.4, 0.5) is 0 Å². The van der Waals surface area contributed by atoms with E-state index < -0.39 is 10.0 Å². The lowest BCUT2D eigenvalue weighted by Crippen LogP contribution is -2.47. The molecule has 0 bridgehead atoms. The molecule has 0 spiro atoms.